The van der Waals surface area contributed by atoms with Crippen LogP contribution in [0.2, 0.25) is 19.1 Å². The van der Waals surface area contributed by atoms with Gasteiger partial charge in [-0.25, -0.2) is 0 Å². The van der Waals surface area contributed by atoms with Gasteiger partial charge in [-0.05, 0) is 45.3 Å². The van der Waals surface area contributed by atoms with Crippen LogP contribution in [0.5, 0.6) is 0 Å². The van der Waals surface area contributed by atoms with Gasteiger partial charge in [0.1, 0.15) is 0 Å². The molecule has 1 saturated carbocycles. The Kier molecular flexibility index (Phi) is 3.24. The van der Waals surface area contributed by atoms with Gasteiger partial charge in [0.2, 0.25) is 0 Å². The number of rotatable bonds is 5. The summed E-state index contributed by atoms with van der Waals surface area (Å²) in [6.07, 6.45) is 7.20. The third kappa shape index (κ3) is 2.63. The molecule has 1 heterocycles. The van der Waals surface area contributed by atoms with Crippen LogP contribution in [0.3, 0.4) is 0 Å². The summed E-state index contributed by atoms with van der Waals surface area (Å²) in [6, 6.07) is 1.26. The molecule has 0 spiro atoms. The minimum atomic E-state index is -1.39. The molecule has 2 aliphatic rings. The molecule has 0 aromatic heterocycles. The first-order valence-corrected chi connectivity index (χ1v) is 9.51. The first-order chi connectivity index (χ1) is 7.08. The first kappa shape index (κ1) is 11.6. The molecule has 1 aliphatic heterocycles. The maximum atomic E-state index is 5.91. The molecule has 3 heteroatoms. The molecule has 0 N–H and O–H groups in total. The normalized spacial score (nSPS) is 35.0. The highest BCUT2D eigenvalue weighted by Gasteiger charge is 2.56. The summed E-state index contributed by atoms with van der Waals surface area (Å²) in [5.41, 5.74) is 0.305. The van der Waals surface area contributed by atoms with Crippen molar-refractivity contribution in [2.24, 2.45) is 0 Å². The van der Waals surface area contributed by atoms with Gasteiger partial charge in [0.25, 0.3) is 0 Å². The first-order valence-electron chi connectivity index (χ1n) is 6.40. The average Bonchev–Trinajstić information content (AvgIpc) is 2.90. The molecule has 2 unspecified atom stereocenters. The minimum Gasteiger partial charge on any atom is -0.418 e. The highest BCUT2D eigenvalue weighted by molar-refractivity contribution is 6.71. The highest BCUT2D eigenvalue weighted by atomic mass is 28.4. The van der Waals surface area contributed by atoms with Gasteiger partial charge in [-0.2, -0.15) is 0 Å². The van der Waals surface area contributed by atoms with E-state index >= 15 is 0 Å². The Labute approximate surface area is 94.5 Å². The molecular formula is C12H24O2Si. The molecule has 0 radical (unpaired) electrons. The topological polar surface area (TPSA) is 21.8 Å². The van der Waals surface area contributed by atoms with Crippen molar-refractivity contribution in [1.29, 1.82) is 0 Å². The Bertz CT molecular complexity index is 230. The van der Waals surface area contributed by atoms with Crippen LogP contribution in [0.1, 0.15) is 39.0 Å². The highest BCUT2D eigenvalue weighted by Crippen LogP contribution is 2.51. The third-order valence-electron chi connectivity index (χ3n) is 3.91. The van der Waals surface area contributed by atoms with E-state index in [9.17, 15) is 0 Å². The van der Waals surface area contributed by atoms with E-state index in [1.807, 2.05) is 0 Å². The summed E-state index contributed by atoms with van der Waals surface area (Å²) in [7, 11) is -1.39. The van der Waals surface area contributed by atoms with Crippen molar-refractivity contribution in [3.8, 4) is 0 Å². The maximum Gasteiger partial charge on any atom is 0.186 e. The van der Waals surface area contributed by atoms with E-state index in [-0.39, 0.29) is 0 Å². The SMILES string of the molecule is CCO[Si](C)(C)CCC12CCCCC1O2. The van der Waals surface area contributed by atoms with Gasteiger partial charge in [-0.1, -0.05) is 12.8 Å². The zero-order chi connectivity index (χ0) is 10.9. The Hall–Kier alpha value is 0.137. The Morgan fingerprint density at radius 1 is 1.40 bits per heavy atom. The largest absolute Gasteiger partial charge is 0.418 e. The van der Waals surface area contributed by atoms with Gasteiger partial charge in [0.15, 0.2) is 8.32 Å². The van der Waals surface area contributed by atoms with Crippen molar-refractivity contribution < 1.29 is 9.16 Å². The Morgan fingerprint density at radius 3 is 2.87 bits per heavy atom. The molecule has 2 nitrogen and oxygen atoms in total. The van der Waals surface area contributed by atoms with Crippen LogP contribution in [0.25, 0.3) is 0 Å². The number of ether oxygens (including phenoxy) is 1. The van der Waals surface area contributed by atoms with E-state index in [1.54, 1.807) is 0 Å². The van der Waals surface area contributed by atoms with Gasteiger partial charge in [-0.15, -0.1) is 0 Å². The number of hydrogen-bond acceptors (Lipinski definition) is 2. The second-order valence-electron chi connectivity index (χ2n) is 5.61. The Morgan fingerprint density at radius 2 is 2.20 bits per heavy atom. The molecule has 2 fully saturated rings. The van der Waals surface area contributed by atoms with Crippen molar-refractivity contribution in [3.05, 3.63) is 0 Å². The van der Waals surface area contributed by atoms with Gasteiger partial charge in [0.05, 0.1) is 11.7 Å². The molecule has 1 aliphatic carbocycles. The molecule has 88 valence electrons. The van der Waals surface area contributed by atoms with Crippen molar-refractivity contribution in [2.75, 3.05) is 6.61 Å². The molecule has 1 saturated heterocycles. The van der Waals surface area contributed by atoms with Crippen LogP contribution in [0.4, 0.5) is 0 Å². The van der Waals surface area contributed by atoms with Crippen molar-refractivity contribution >= 4 is 8.32 Å². The summed E-state index contributed by atoms with van der Waals surface area (Å²) >= 11 is 0. The van der Waals surface area contributed by atoms with E-state index in [0.717, 1.165) is 6.61 Å². The van der Waals surface area contributed by atoms with E-state index in [0.29, 0.717) is 11.7 Å². The van der Waals surface area contributed by atoms with Gasteiger partial charge in [0, 0.05) is 6.61 Å². The van der Waals surface area contributed by atoms with Crippen LogP contribution in [-0.2, 0) is 9.16 Å². The monoisotopic (exact) mass is 228 g/mol. The average molecular weight is 228 g/mol. The standard InChI is InChI=1S/C12H24O2Si/c1-4-13-15(2,3)10-9-12-8-6-5-7-11(12)14-12/h11H,4-10H2,1-3H3. The fourth-order valence-corrected chi connectivity index (χ4v) is 4.82. The van der Waals surface area contributed by atoms with Crippen molar-refractivity contribution in [2.45, 2.75) is 69.9 Å². The fourth-order valence-electron chi connectivity index (χ4n) is 2.87. The fraction of sp³-hybridized carbons (Fsp3) is 1.00. The van der Waals surface area contributed by atoms with Crippen LogP contribution in [-0.4, -0.2) is 26.6 Å². The lowest BCUT2D eigenvalue weighted by Crippen LogP contribution is -2.33. The van der Waals surface area contributed by atoms with Crippen LogP contribution >= 0.6 is 0 Å². The second-order valence-corrected chi connectivity index (χ2v) is 9.92. The van der Waals surface area contributed by atoms with Gasteiger partial charge < -0.3 is 9.16 Å². The molecule has 0 aromatic rings. The minimum absolute atomic E-state index is 0.305. The smallest absolute Gasteiger partial charge is 0.186 e. The predicted octanol–water partition coefficient (Wildman–Crippen LogP) is 3.33. The zero-order valence-electron chi connectivity index (χ0n) is 10.3. The predicted molar refractivity (Wildman–Crippen MR) is 64.6 cm³/mol. The molecule has 2 rings (SSSR count). The van der Waals surface area contributed by atoms with Gasteiger partial charge in [-0.3, -0.25) is 0 Å². The van der Waals surface area contributed by atoms with E-state index in [1.165, 1.54) is 38.1 Å². The van der Waals surface area contributed by atoms with Crippen LogP contribution < -0.4 is 0 Å². The molecule has 2 atom stereocenters. The van der Waals surface area contributed by atoms with Gasteiger partial charge >= 0.3 is 0 Å². The zero-order valence-corrected chi connectivity index (χ0v) is 11.3. The lowest BCUT2D eigenvalue weighted by molar-refractivity contribution is 0.270. The van der Waals surface area contributed by atoms with Crippen molar-refractivity contribution in [3.63, 3.8) is 0 Å². The van der Waals surface area contributed by atoms with Crippen LogP contribution in [0, 0.1) is 0 Å². The molecule has 0 aromatic carbocycles. The van der Waals surface area contributed by atoms with E-state index in [2.05, 4.69) is 20.0 Å². The number of epoxide rings is 1. The summed E-state index contributed by atoms with van der Waals surface area (Å²) in [5, 5.41) is 0. The summed E-state index contributed by atoms with van der Waals surface area (Å²) in [6.45, 7) is 7.63. The molecular weight excluding hydrogens is 204 g/mol. The van der Waals surface area contributed by atoms with Crippen LogP contribution in [0.15, 0.2) is 0 Å². The summed E-state index contributed by atoms with van der Waals surface area (Å²) in [5.74, 6) is 0. The molecule has 15 heavy (non-hydrogen) atoms. The maximum absolute atomic E-state index is 5.91. The van der Waals surface area contributed by atoms with Crippen molar-refractivity contribution in [1.82, 2.24) is 0 Å². The second kappa shape index (κ2) is 4.19. The lowest BCUT2D eigenvalue weighted by Gasteiger charge is -2.25. The quantitative estimate of drug-likeness (QED) is 0.532. The summed E-state index contributed by atoms with van der Waals surface area (Å²) in [4.78, 5) is 0. The molecule has 0 bridgehead atoms. The third-order valence-corrected chi connectivity index (χ3v) is 6.43. The van der Waals surface area contributed by atoms with E-state index in [4.69, 9.17) is 9.16 Å². The van der Waals surface area contributed by atoms with E-state index < -0.39 is 8.32 Å². The lowest BCUT2D eigenvalue weighted by atomic mass is 9.87. The molecule has 0 amide bonds. The summed E-state index contributed by atoms with van der Waals surface area (Å²) < 4.78 is 11.8. The Balaban J connectivity index is 1.78. The number of hydrogen-bond donors (Lipinski definition) is 0. The number of fused-ring (bicyclic) bond motifs is 1.